The Morgan fingerprint density at radius 1 is 1.25 bits per heavy atom. The van der Waals surface area contributed by atoms with Crippen molar-refractivity contribution in [2.45, 2.75) is 52.5 Å². The third kappa shape index (κ3) is 5.94. The van der Waals surface area contributed by atoms with Gasteiger partial charge in [0.25, 0.3) is 0 Å². The Morgan fingerprint density at radius 3 is 2.55 bits per heavy atom. The van der Waals surface area contributed by atoms with Crippen LogP contribution in [0, 0.1) is 0 Å². The molecule has 0 aliphatic rings. The van der Waals surface area contributed by atoms with E-state index >= 15 is 0 Å². The summed E-state index contributed by atoms with van der Waals surface area (Å²) < 4.78 is 23.1. The van der Waals surface area contributed by atoms with Crippen LogP contribution >= 0.6 is 11.3 Å². The number of hydrogen-bond donors (Lipinski definition) is 1. The summed E-state index contributed by atoms with van der Waals surface area (Å²) in [6.45, 7) is 7.01. The van der Waals surface area contributed by atoms with Crippen molar-refractivity contribution in [3.8, 4) is 0 Å². The molecular weight excluding hydrogens is 290 g/mol. The topological polar surface area (TPSA) is 46.2 Å². The zero-order valence-electron chi connectivity index (χ0n) is 12.8. The highest BCUT2D eigenvalue weighted by Crippen LogP contribution is 2.27. The van der Waals surface area contributed by atoms with E-state index < -0.39 is 9.84 Å². The maximum atomic E-state index is 11.6. The lowest BCUT2D eigenvalue weighted by atomic mass is 10.1. The van der Waals surface area contributed by atoms with Gasteiger partial charge in [0.05, 0.1) is 5.75 Å². The van der Waals surface area contributed by atoms with Crippen molar-refractivity contribution >= 4 is 21.2 Å². The van der Waals surface area contributed by atoms with Crippen LogP contribution in [-0.4, -0.2) is 26.5 Å². The molecule has 0 amide bonds. The fourth-order valence-electron chi connectivity index (χ4n) is 2.09. The zero-order chi connectivity index (χ0) is 15.0. The van der Waals surface area contributed by atoms with Crippen LogP contribution in [0.25, 0.3) is 0 Å². The average molecular weight is 318 g/mol. The molecule has 1 aromatic rings. The zero-order valence-corrected chi connectivity index (χ0v) is 14.4. The molecule has 116 valence electrons. The van der Waals surface area contributed by atoms with Crippen molar-refractivity contribution in [3.05, 3.63) is 21.9 Å². The molecule has 1 unspecified atom stereocenters. The molecule has 3 nitrogen and oxygen atoms in total. The smallest absolute Gasteiger partial charge is 0.150 e. The summed E-state index contributed by atoms with van der Waals surface area (Å²) in [4.78, 5) is 2.73. The molecule has 0 saturated carbocycles. The highest BCUT2D eigenvalue weighted by molar-refractivity contribution is 7.91. The molecule has 0 aliphatic carbocycles. The third-order valence-corrected chi connectivity index (χ3v) is 6.54. The van der Waals surface area contributed by atoms with Crippen LogP contribution in [0.2, 0.25) is 0 Å². The van der Waals surface area contributed by atoms with Gasteiger partial charge in [0, 0.05) is 21.5 Å². The number of sulfone groups is 1. The summed E-state index contributed by atoms with van der Waals surface area (Å²) in [6, 6.07) is 4.67. The predicted octanol–water partition coefficient (Wildman–Crippen LogP) is 3.57. The van der Waals surface area contributed by atoms with Crippen molar-refractivity contribution in [1.82, 2.24) is 5.32 Å². The van der Waals surface area contributed by atoms with Gasteiger partial charge in [-0.3, -0.25) is 0 Å². The standard InChI is InChI=1S/C15H27NO2S2/c1-4-11-16-14(8-7-12-20(17,18)6-3)15-10-9-13(5-2)19-15/h9-10,14,16H,4-8,11-12H2,1-3H3. The molecule has 1 N–H and O–H groups in total. The van der Waals surface area contributed by atoms with E-state index in [1.165, 1.54) is 9.75 Å². The summed E-state index contributed by atoms with van der Waals surface area (Å²) in [5.41, 5.74) is 0. The monoisotopic (exact) mass is 317 g/mol. The second kappa shape index (κ2) is 8.80. The normalized spacial score (nSPS) is 13.6. The molecule has 0 fully saturated rings. The molecule has 1 atom stereocenters. The largest absolute Gasteiger partial charge is 0.309 e. The lowest BCUT2D eigenvalue weighted by molar-refractivity contribution is 0.498. The van der Waals surface area contributed by atoms with Crippen molar-refractivity contribution < 1.29 is 8.42 Å². The van der Waals surface area contributed by atoms with Gasteiger partial charge in [-0.05, 0) is 44.4 Å². The van der Waals surface area contributed by atoms with Gasteiger partial charge in [-0.25, -0.2) is 8.42 Å². The van der Waals surface area contributed by atoms with Gasteiger partial charge in [0.2, 0.25) is 0 Å². The minimum Gasteiger partial charge on any atom is -0.309 e. The van der Waals surface area contributed by atoms with Gasteiger partial charge in [-0.2, -0.15) is 0 Å². The summed E-state index contributed by atoms with van der Waals surface area (Å²) >= 11 is 1.84. The summed E-state index contributed by atoms with van der Waals surface area (Å²) in [5, 5.41) is 3.54. The molecule has 0 spiro atoms. The van der Waals surface area contributed by atoms with Crippen LogP contribution in [0.3, 0.4) is 0 Å². The lowest BCUT2D eigenvalue weighted by Gasteiger charge is -2.17. The predicted molar refractivity (Wildman–Crippen MR) is 88.3 cm³/mol. The van der Waals surface area contributed by atoms with Gasteiger partial charge in [0.1, 0.15) is 9.84 Å². The van der Waals surface area contributed by atoms with Crippen LogP contribution in [0.4, 0.5) is 0 Å². The quantitative estimate of drug-likeness (QED) is 0.717. The van der Waals surface area contributed by atoms with E-state index in [1.807, 2.05) is 11.3 Å². The lowest BCUT2D eigenvalue weighted by Crippen LogP contribution is -2.22. The second-order valence-electron chi connectivity index (χ2n) is 5.04. The van der Waals surface area contributed by atoms with Crippen LogP contribution < -0.4 is 5.32 Å². The summed E-state index contributed by atoms with van der Waals surface area (Å²) in [7, 11) is -2.84. The second-order valence-corrected chi connectivity index (χ2v) is 8.72. The highest BCUT2D eigenvalue weighted by atomic mass is 32.2. The van der Waals surface area contributed by atoms with Gasteiger partial charge >= 0.3 is 0 Å². The number of aryl methyl sites for hydroxylation is 1. The molecular formula is C15H27NO2S2. The first-order valence-corrected chi connectivity index (χ1v) is 10.2. The van der Waals surface area contributed by atoms with E-state index in [0.29, 0.717) is 11.8 Å². The van der Waals surface area contributed by atoms with E-state index in [4.69, 9.17) is 0 Å². The van der Waals surface area contributed by atoms with Crippen LogP contribution in [-0.2, 0) is 16.3 Å². The Kier molecular flexibility index (Phi) is 7.77. The Bertz CT molecular complexity index is 480. The molecule has 20 heavy (non-hydrogen) atoms. The molecule has 1 aromatic heterocycles. The van der Waals surface area contributed by atoms with Gasteiger partial charge < -0.3 is 5.32 Å². The fraction of sp³-hybridized carbons (Fsp3) is 0.733. The Labute approximate surface area is 127 Å². The third-order valence-electron chi connectivity index (χ3n) is 3.40. The average Bonchev–Trinajstić information content (AvgIpc) is 2.91. The van der Waals surface area contributed by atoms with E-state index in [0.717, 1.165) is 32.2 Å². The van der Waals surface area contributed by atoms with Crippen LogP contribution in [0.1, 0.15) is 55.8 Å². The fourth-order valence-corrected chi connectivity index (χ4v) is 4.04. The number of nitrogens with one attached hydrogen (secondary N) is 1. The van der Waals surface area contributed by atoms with E-state index in [-0.39, 0.29) is 5.75 Å². The molecule has 0 radical (unpaired) electrons. The van der Waals surface area contributed by atoms with Crippen molar-refractivity contribution in [1.29, 1.82) is 0 Å². The van der Waals surface area contributed by atoms with Gasteiger partial charge in [-0.15, -0.1) is 11.3 Å². The van der Waals surface area contributed by atoms with Gasteiger partial charge in [0.15, 0.2) is 0 Å². The highest BCUT2D eigenvalue weighted by Gasteiger charge is 2.15. The number of hydrogen-bond acceptors (Lipinski definition) is 4. The van der Waals surface area contributed by atoms with Crippen molar-refractivity contribution in [3.63, 3.8) is 0 Å². The molecule has 5 heteroatoms. The van der Waals surface area contributed by atoms with Crippen molar-refractivity contribution in [2.24, 2.45) is 0 Å². The minimum absolute atomic E-state index is 0.249. The number of rotatable bonds is 10. The maximum absolute atomic E-state index is 11.6. The molecule has 0 aliphatic heterocycles. The van der Waals surface area contributed by atoms with Crippen LogP contribution in [0.5, 0.6) is 0 Å². The van der Waals surface area contributed by atoms with Crippen molar-refractivity contribution in [2.75, 3.05) is 18.1 Å². The first-order chi connectivity index (χ1) is 9.52. The molecule has 0 saturated heterocycles. The first kappa shape index (κ1) is 17.7. The Morgan fingerprint density at radius 2 is 2.00 bits per heavy atom. The minimum atomic E-state index is -2.84. The molecule has 0 aromatic carbocycles. The Balaban J connectivity index is 2.60. The van der Waals surface area contributed by atoms with E-state index in [2.05, 4.69) is 31.3 Å². The Hall–Kier alpha value is -0.390. The molecule has 1 rings (SSSR count). The maximum Gasteiger partial charge on any atom is 0.150 e. The molecule has 1 heterocycles. The van der Waals surface area contributed by atoms with E-state index in [9.17, 15) is 8.42 Å². The van der Waals surface area contributed by atoms with Gasteiger partial charge in [-0.1, -0.05) is 20.8 Å². The van der Waals surface area contributed by atoms with Crippen LogP contribution in [0.15, 0.2) is 12.1 Å². The SMILES string of the molecule is CCCNC(CCCS(=O)(=O)CC)c1ccc(CC)s1. The first-order valence-electron chi connectivity index (χ1n) is 7.54. The summed E-state index contributed by atoms with van der Waals surface area (Å²) in [5.74, 6) is 0.554. The van der Waals surface area contributed by atoms with E-state index in [1.54, 1.807) is 6.92 Å². The molecule has 0 bridgehead atoms. The number of thiophene rings is 1. The summed E-state index contributed by atoms with van der Waals surface area (Å²) in [6.07, 6.45) is 3.78.